The third-order valence-corrected chi connectivity index (χ3v) is 4.31. The van der Waals surface area contributed by atoms with Crippen LogP contribution in [0.2, 0.25) is 5.02 Å². The standard InChI is InChI=1S/C15H9ClFNO2S/c16-11-7-10(3-4-12(11)19)18-15(20)14-5-8-1-2-9(17)6-13(8)21-14/h1-7,19H,(H,18,20). The number of fused-ring (bicyclic) bond motifs is 1. The van der Waals surface area contributed by atoms with Gasteiger partial charge in [-0.3, -0.25) is 4.79 Å². The Labute approximate surface area is 128 Å². The minimum atomic E-state index is -0.332. The van der Waals surface area contributed by atoms with E-state index in [0.717, 1.165) is 5.39 Å². The molecule has 1 heterocycles. The van der Waals surface area contributed by atoms with E-state index >= 15 is 0 Å². The number of hydrogen-bond acceptors (Lipinski definition) is 3. The monoisotopic (exact) mass is 321 g/mol. The number of anilines is 1. The van der Waals surface area contributed by atoms with Crippen molar-refractivity contribution < 1.29 is 14.3 Å². The van der Waals surface area contributed by atoms with Crippen LogP contribution >= 0.6 is 22.9 Å². The van der Waals surface area contributed by atoms with Gasteiger partial charge < -0.3 is 10.4 Å². The van der Waals surface area contributed by atoms with Gasteiger partial charge in [0.25, 0.3) is 5.91 Å². The number of halogens is 2. The topological polar surface area (TPSA) is 49.3 Å². The Morgan fingerprint density at radius 2 is 2.00 bits per heavy atom. The summed E-state index contributed by atoms with van der Waals surface area (Å²) in [5.74, 6) is -0.688. The van der Waals surface area contributed by atoms with Crippen molar-refractivity contribution in [2.45, 2.75) is 0 Å². The second-order valence-corrected chi connectivity index (χ2v) is 5.90. The molecule has 3 rings (SSSR count). The molecule has 2 aromatic carbocycles. The zero-order valence-corrected chi connectivity index (χ0v) is 12.1. The predicted molar refractivity (Wildman–Crippen MR) is 82.9 cm³/mol. The molecule has 0 saturated carbocycles. The van der Waals surface area contributed by atoms with Gasteiger partial charge in [0.05, 0.1) is 9.90 Å². The second-order valence-electron chi connectivity index (χ2n) is 4.41. The van der Waals surface area contributed by atoms with Crippen LogP contribution in [0.3, 0.4) is 0 Å². The van der Waals surface area contributed by atoms with Crippen LogP contribution in [0.15, 0.2) is 42.5 Å². The molecule has 3 aromatic rings. The highest BCUT2D eigenvalue weighted by molar-refractivity contribution is 7.20. The fourth-order valence-corrected chi connectivity index (χ4v) is 3.06. The van der Waals surface area contributed by atoms with Crippen molar-refractivity contribution in [2.24, 2.45) is 0 Å². The van der Waals surface area contributed by atoms with Crippen LogP contribution in [-0.2, 0) is 0 Å². The fraction of sp³-hybridized carbons (Fsp3) is 0. The molecule has 0 aliphatic heterocycles. The van der Waals surface area contributed by atoms with E-state index in [4.69, 9.17) is 11.6 Å². The van der Waals surface area contributed by atoms with Crippen LogP contribution in [0, 0.1) is 5.82 Å². The van der Waals surface area contributed by atoms with Crippen molar-refractivity contribution in [3.63, 3.8) is 0 Å². The molecule has 0 bridgehead atoms. The summed E-state index contributed by atoms with van der Waals surface area (Å²) >= 11 is 7.00. The first-order valence-electron chi connectivity index (χ1n) is 6.02. The Morgan fingerprint density at radius 3 is 2.76 bits per heavy atom. The number of thiophene rings is 1. The number of amides is 1. The fourth-order valence-electron chi connectivity index (χ4n) is 1.89. The van der Waals surface area contributed by atoms with Crippen molar-refractivity contribution in [1.82, 2.24) is 0 Å². The number of phenols is 1. The van der Waals surface area contributed by atoms with Gasteiger partial charge in [0.2, 0.25) is 0 Å². The molecule has 21 heavy (non-hydrogen) atoms. The van der Waals surface area contributed by atoms with Crippen LogP contribution in [0.1, 0.15) is 9.67 Å². The van der Waals surface area contributed by atoms with Crippen molar-refractivity contribution >= 4 is 44.6 Å². The summed E-state index contributed by atoms with van der Waals surface area (Å²) in [5, 5.41) is 13.0. The molecule has 1 amide bonds. The van der Waals surface area contributed by atoms with E-state index in [1.54, 1.807) is 18.2 Å². The normalized spacial score (nSPS) is 10.8. The lowest BCUT2D eigenvalue weighted by atomic mass is 10.2. The first kappa shape index (κ1) is 13.9. The molecular formula is C15H9ClFNO2S. The first-order chi connectivity index (χ1) is 10.0. The summed E-state index contributed by atoms with van der Waals surface area (Å²) in [7, 11) is 0. The Hall–Kier alpha value is -2.11. The lowest BCUT2D eigenvalue weighted by molar-refractivity contribution is 0.103. The molecule has 2 N–H and O–H groups in total. The molecule has 6 heteroatoms. The summed E-state index contributed by atoms with van der Waals surface area (Å²) in [6.45, 7) is 0. The summed E-state index contributed by atoms with van der Waals surface area (Å²) < 4.78 is 13.9. The average Bonchev–Trinajstić information content (AvgIpc) is 2.86. The lowest BCUT2D eigenvalue weighted by Gasteiger charge is -2.04. The van der Waals surface area contributed by atoms with E-state index in [1.807, 2.05) is 0 Å². The number of carbonyl (C=O) groups excluding carboxylic acids is 1. The summed E-state index contributed by atoms with van der Waals surface area (Å²) in [4.78, 5) is 12.6. The van der Waals surface area contributed by atoms with Gasteiger partial charge >= 0.3 is 0 Å². The molecule has 3 nitrogen and oxygen atoms in total. The van der Waals surface area contributed by atoms with Gasteiger partial charge in [0.1, 0.15) is 11.6 Å². The zero-order valence-electron chi connectivity index (χ0n) is 10.6. The highest BCUT2D eigenvalue weighted by Crippen LogP contribution is 2.29. The van der Waals surface area contributed by atoms with E-state index in [2.05, 4.69) is 5.32 Å². The Morgan fingerprint density at radius 1 is 1.19 bits per heavy atom. The molecule has 0 aliphatic rings. The van der Waals surface area contributed by atoms with Crippen molar-refractivity contribution in [3.8, 4) is 5.75 Å². The van der Waals surface area contributed by atoms with E-state index < -0.39 is 0 Å². The molecule has 0 aliphatic carbocycles. The quantitative estimate of drug-likeness (QED) is 0.675. The molecule has 0 saturated heterocycles. The van der Waals surface area contributed by atoms with Gasteiger partial charge in [-0.2, -0.15) is 0 Å². The van der Waals surface area contributed by atoms with Gasteiger partial charge in [0, 0.05) is 10.4 Å². The van der Waals surface area contributed by atoms with Gasteiger partial charge in [-0.05, 0) is 41.8 Å². The Bertz CT molecular complexity index is 847. The Kier molecular flexibility index (Phi) is 3.53. The number of nitrogens with one attached hydrogen (secondary N) is 1. The van der Waals surface area contributed by atoms with Gasteiger partial charge in [-0.15, -0.1) is 11.3 Å². The van der Waals surface area contributed by atoms with Crippen LogP contribution in [0.25, 0.3) is 10.1 Å². The molecule has 0 radical (unpaired) electrons. The number of hydrogen-bond donors (Lipinski definition) is 2. The summed E-state index contributed by atoms with van der Waals surface area (Å²) in [6, 6.07) is 10.5. The molecule has 0 spiro atoms. The average molecular weight is 322 g/mol. The van der Waals surface area contributed by atoms with Gasteiger partial charge in [-0.25, -0.2) is 4.39 Å². The van der Waals surface area contributed by atoms with Crippen molar-refractivity contribution in [3.05, 3.63) is 58.2 Å². The van der Waals surface area contributed by atoms with Gasteiger partial charge in [0.15, 0.2) is 0 Å². The first-order valence-corrected chi connectivity index (χ1v) is 7.21. The maximum atomic E-state index is 13.1. The smallest absolute Gasteiger partial charge is 0.265 e. The molecular weight excluding hydrogens is 313 g/mol. The molecule has 0 fully saturated rings. The predicted octanol–water partition coefficient (Wildman–Crippen LogP) is 4.65. The van der Waals surface area contributed by atoms with E-state index in [-0.39, 0.29) is 22.5 Å². The molecule has 0 unspecified atom stereocenters. The molecule has 0 atom stereocenters. The second kappa shape index (κ2) is 5.35. The highest BCUT2D eigenvalue weighted by atomic mass is 35.5. The largest absolute Gasteiger partial charge is 0.506 e. The maximum absolute atomic E-state index is 13.1. The maximum Gasteiger partial charge on any atom is 0.265 e. The third-order valence-electron chi connectivity index (χ3n) is 2.91. The van der Waals surface area contributed by atoms with E-state index in [0.29, 0.717) is 15.3 Å². The number of phenolic OH excluding ortho intramolecular Hbond substituents is 1. The van der Waals surface area contributed by atoms with Crippen LogP contribution in [0.5, 0.6) is 5.75 Å². The van der Waals surface area contributed by atoms with Crippen molar-refractivity contribution in [2.75, 3.05) is 5.32 Å². The lowest BCUT2D eigenvalue weighted by Crippen LogP contribution is -2.09. The number of carbonyl (C=O) groups is 1. The summed E-state index contributed by atoms with van der Waals surface area (Å²) in [6.07, 6.45) is 0. The minimum Gasteiger partial charge on any atom is -0.506 e. The minimum absolute atomic E-state index is 0.0491. The SMILES string of the molecule is O=C(Nc1ccc(O)c(Cl)c1)c1cc2ccc(F)cc2s1. The van der Waals surface area contributed by atoms with Gasteiger partial charge in [-0.1, -0.05) is 17.7 Å². The zero-order chi connectivity index (χ0) is 15.0. The number of benzene rings is 2. The van der Waals surface area contributed by atoms with E-state index in [1.165, 1.54) is 35.6 Å². The summed E-state index contributed by atoms with van der Waals surface area (Å²) in [5.41, 5.74) is 0.478. The third kappa shape index (κ3) is 2.84. The van der Waals surface area contributed by atoms with Crippen LogP contribution in [0.4, 0.5) is 10.1 Å². The molecule has 1 aromatic heterocycles. The van der Waals surface area contributed by atoms with Crippen LogP contribution < -0.4 is 5.32 Å². The number of rotatable bonds is 2. The van der Waals surface area contributed by atoms with E-state index in [9.17, 15) is 14.3 Å². The highest BCUT2D eigenvalue weighted by Gasteiger charge is 2.11. The number of aromatic hydroxyl groups is 1. The molecule has 106 valence electrons. The van der Waals surface area contributed by atoms with Crippen molar-refractivity contribution in [1.29, 1.82) is 0 Å². The van der Waals surface area contributed by atoms with Crippen LogP contribution in [-0.4, -0.2) is 11.0 Å². The Balaban J connectivity index is 1.87.